The highest BCUT2D eigenvalue weighted by atomic mass is 35.5. The van der Waals surface area contributed by atoms with E-state index in [9.17, 15) is 0 Å². The summed E-state index contributed by atoms with van der Waals surface area (Å²) >= 11 is 7.67. The molecule has 1 aromatic carbocycles. The van der Waals surface area contributed by atoms with E-state index in [-0.39, 0.29) is 5.95 Å². The van der Waals surface area contributed by atoms with Gasteiger partial charge in [0.1, 0.15) is 10.2 Å². The lowest BCUT2D eigenvalue weighted by molar-refractivity contribution is 1.19. The second kappa shape index (κ2) is 4.95. The normalized spacial score (nSPS) is 10.6. The van der Waals surface area contributed by atoms with Gasteiger partial charge in [-0.1, -0.05) is 41.9 Å². The molecule has 0 amide bonds. The molecule has 94 valence electrons. The van der Waals surface area contributed by atoms with E-state index in [2.05, 4.69) is 15.0 Å². The van der Waals surface area contributed by atoms with E-state index in [0.717, 1.165) is 15.4 Å². The third kappa shape index (κ3) is 2.43. The molecular weight excluding hydrogens is 280 g/mol. The summed E-state index contributed by atoms with van der Waals surface area (Å²) in [7, 11) is 0. The fraction of sp³-hybridized carbons (Fsp3) is 0. The van der Waals surface area contributed by atoms with E-state index in [1.807, 2.05) is 30.3 Å². The maximum atomic E-state index is 6.18. The second-order valence-corrected chi connectivity index (χ2v) is 5.16. The fourth-order valence-electron chi connectivity index (χ4n) is 1.66. The number of nitrogen functional groups attached to an aromatic ring is 1. The highest BCUT2D eigenvalue weighted by Crippen LogP contribution is 2.37. The molecular formula is C13H9ClN4S. The van der Waals surface area contributed by atoms with Crippen LogP contribution in [0, 0.1) is 0 Å². The number of hydrogen-bond donors (Lipinski definition) is 1. The number of halogens is 1. The lowest BCUT2D eigenvalue weighted by Crippen LogP contribution is -1.94. The van der Waals surface area contributed by atoms with Crippen LogP contribution < -0.4 is 5.73 Å². The summed E-state index contributed by atoms with van der Waals surface area (Å²) in [6.07, 6.45) is 1.61. The van der Waals surface area contributed by atoms with Crippen molar-refractivity contribution in [3.8, 4) is 21.1 Å². The van der Waals surface area contributed by atoms with E-state index < -0.39 is 0 Å². The van der Waals surface area contributed by atoms with Crippen molar-refractivity contribution >= 4 is 28.9 Å². The molecule has 0 saturated heterocycles. The molecule has 0 unspecified atom stereocenters. The predicted octanol–water partition coefficient (Wildman–Crippen LogP) is 3.50. The van der Waals surface area contributed by atoms with Crippen molar-refractivity contribution in [2.45, 2.75) is 0 Å². The molecule has 3 aromatic rings. The molecule has 0 aliphatic rings. The van der Waals surface area contributed by atoms with E-state index in [4.69, 9.17) is 17.3 Å². The number of anilines is 1. The van der Waals surface area contributed by atoms with Crippen LogP contribution in [0.3, 0.4) is 0 Å². The van der Waals surface area contributed by atoms with E-state index >= 15 is 0 Å². The van der Waals surface area contributed by atoms with Crippen LogP contribution in [0.4, 0.5) is 5.95 Å². The largest absolute Gasteiger partial charge is 0.368 e. The Morgan fingerprint density at radius 1 is 1.05 bits per heavy atom. The Bertz CT molecular complexity index is 712. The van der Waals surface area contributed by atoms with Gasteiger partial charge in [0.05, 0.1) is 10.6 Å². The summed E-state index contributed by atoms with van der Waals surface area (Å²) in [6.45, 7) is 0. The van der Waals surface area contributed by atoms with Crippen LogP contribution in [0.5, 0.6) is 0 Å². The molecule has 0 radical (unpaired) electrons. The van der Waals surface area contributed by atoms with Crippen molar-refractivity contribution in [2.75, 3.05) is 5.73 Å². The van der Waals surface area contributed by atoms with E-state index in [1.54, 1.807) is 12.3 Å². The van der Waals surface area contributed by atoms with Gasteiger partial charge in [-0.3, -0.25) is 0 Å². The molecule has 2 heterocycles. The Morgan fingerprint density at radius 3 is 2.58 bits per heavy atom. The van der Waals surface area contributed by atoms with Gasteiger partial charge in [-0.15, -0.1) is 11.3 Å². The summed E-state index contributed by atoms with van der Waals surface area (Å²) in [4.78, 5) is 13.2. The van der Waals surface area contributed by atoms with Gasteiger partial charge in [0, 0.05) is 11.8 Å². The minimum Gasteiger partial charge on any atom is -0.368 e. The molecule has 0 fully saturated rings. The first-order valence-corrected chi connectivity index (χ1v) is 6.74. The SMILES string of the molecule is Nc1nccc(-c2sc(-c3ccccc3)nc2Cl)n1. The Hall–Kier alpha value is -1.98. The van der Waals surface area contributed by atoms with E-state index in [1.165, 1.54) is 11.3 Å². The number of aromatic nitrogens is 3. The highest BCUT2D eigenvalue weighted by molar-refractivity contribution is 7.19. The molecule has 19 heavy (non-hydrogen) atoms. The van der Waals surface area contributed by atoms with Crippen LogP contribution in [-0.2, 0) is 0 Å². The van der Waals surface area contributed by atoms with Crippen LogP contribution in [0.1, 0.15) is 0 Å². The lowest BCUT2D eigenvalue weighted by atomic mass is 10.2. The van der Waals surface area contributed by atoms with Gasteiger partial charge in [0.25, 0.3) is 0 Å². The zero-order valence-corrected chi connectivity index (χ0v) is 11.3. The van der Waals surface area contributed by atoms with Crippen LogP contribution in [0.15, 0.2) is 42.6 Å². The molecule has 4 nitrogen and oxygen atoms in total. The Labute approximate surface area is 118 Å². The van der Waals surface area contributed by atoms with Crippen LogP contribution in [-0.4, -0.2) is 15.0 Å². The molecule has 0 spiro atoms. The van der Waals surface area contributed by atoms with Gasteiger partial charge in [0.15, 0.2) is 0 Å². The quantitative estimate of drug-likeness (QED) is 0.784. The van der Waals surface area contributed by atoms with Gasteiger partial charge < -0.3 is 5.73 Å². The number of benzene rings is 1. The number of hydrogen-bond acceptors (Lipinski definition) is 5. The monoisotopic (exact) mass is 288 g/mol. The average molecular weight is 289 g/mol. The Morgan fingerprint density at radius 2 is 1.84 bits per heavy atom. The number of rotatable bonds is 2. The van der Waals surface area contributed by atoms with Gasteiger partial charge >= 0.3 is 0 Å². The maximum absolute atomic E-state index is 6.18. The molecule has 0 bridgehead atoms. The third-order valence-corrected chi connectivity index (χ3v) is 4.03. The summed E-state index contributed by atoms with van der Waals surface area (Å²) < 4.78 is 0. The maximum Gasteiger partial charge on any atom is 0.220 e. The minimum absolute atomic E-state index is 0.225. The van der Waals surface area contributed by atoms with Crippen molar-refractivity contribution in [3.63, 3.8) is 0 Å². The molecule has 6 heteroatoms. The molecule has 3 rings (SSSR count). The Balaban J connectivity index is 2.08. The molecule has 0 atom stereocenters. The second-order valence-electron chi connectivity index (χ2n) is 3.81. The Kier molecular flexibility index (Phi) is 3.15. The summed E-state index contributed by atoms with van der Waals surface area (Å²) in [6, 6.07) is 11.6. The first-order valence-electron chi connectivity index (χ1n) is 5.54. The van der Waals surface area contributed by atoms with Crippen LogP contribution in [0.2, 0.25) is 5.15 Å². The van der Waals surface area contributed by atoms with Gasteiger partial charge in [-0.2, -0.15) is 0 Å². The standard InChI is InChI=1S/C13H9ClN4S/c14-11-10(9-6-7-16-13(15)17-9)19-12(18-11)8-4-2-1-3-5-8/h1-7H,(H2,15,16,17). The first kappa shape index (κ1) is 12.1. The molecule has 2 N–H and O–H groups in total. The smallest absolute Gasteiger partial charge is 0.220 e. The van der Waals surface area contributed by atoms with Crippen molar-refractivity contribution in [2.24, 2.45) is 0 Å². The minimum atomic E-state index is 0.225. The van der Waals surface area contributed by atoms with Crippen LogP contribution >= 0.6 is 22.9 Å². The zero-order chi connectivity index (χ0) is 13.2. The molecule has 0 aliphatic carbocycles. The first-order chi connectivity index (χ1) is 9.24. The average Bonchev–Trinajstić information content (AvgIpc) is 2.82. The van der Waals surface area contributed by atoms with Crippen molar-refractivity contribution in [3.05, 3.63) is 47.7 Å². The summed E-state index contributed by atoms with van der Waals surface area (Å²) in [5.74, 6) is 0.225. The van der Waals surface area contributed by atoms with Gasteiger partial charge in [-0.25, -0.2) is 15.0 Å². The lowest BCUT2D eigenvalue weighted by Gasteiger charge is -1.97. The van der Waals surface area contributed by atoms with E-state index in [0.29, 0.717) is 10.8 Å². The topological polar surface area (TPSA) is 64.7 Å². The van der Waals surface area contributed by atoms with Crippen molar-refractivity contribution in [1.29, 1.82) is 0 Å². The van der Waals surface area contributed by atoms with Crippen LogP contribution in [0.25, 0.3) is 21.1 Å². The van der Waals surface area contributed by atoms with Crippen molar-refractivity contribution < 1.29 is 0 Å². The fourth-order valence-corrected chi connectivity index (χ4v) is 2.94. The number of nitrogens with two attached hydrogens (primary N) is 1. The molecule has 0 saturated carbocycles. The predicted molar refractivity (Wildman–Crippen MR) is 78.0 cm³/mol. The number of thiazole rings is 1. The zero-order valence-electron chi connectivity index (χ0n) is 9.75. The van der Waals surface area contributed by atoms with Gasteiger partial charge in [0.2, 0.25) is 5.95 Å². The third-order valence-electron chi connectivity index (χ3n) is 2.51. The highest BCUT2D eigenvalue weighted by Gasteiger charge is 2.13. The van der Waals surface area contributed by atoms with Gasteiger partial charge in [-0.05, 0) is 6.07 Å². The summed E-state index contributed by atoms with van der Waals surface area (Å²) in [5.41, 5.74) is 7.30. The molecule has 2 aromatic heterocycles. The number of nitrogens with zero attached hydrogens (tertiary/aromatic N) is 3. The van der Waals surface area contributed by atoms with Crippen molar-refractivity contribution in [1.82, 2.24) is 15.0 Å². The summed E-state index contributed by atoms with van der Waals surface area (Å²) in [5, 5.41) is 1.29. The molecule has 0 aliphatic heterocycles.